The summed E-state index contributed by atoms with van der Waals surface area (Å²) < 4.78 is 2.56. The zero-order valence-electron chi connectivity index (χ0n) is 9.15. The van der Waals surface area contributed by atoms with E-state index in [2.05, 4.69) is 21.0 Å². The van der Waals surface area contributed by atoms with Crippen LogP contribution in [-0.4, -0.2) is 15.6 Å². The standard InChI is InChI=1S/C12H10BrClN2O/c1-8-11(14)6-15-16(8)7-12(17)9-2-4-10(13)5-3-9/h2-6H,7H2,1H3. The molecule has 88 valence electrons. The van der Waals surface area contributed by atoms with Crippen LogP contribution >= 0.6 is 27.5 Å². The second kappa shape index (κ2) is 5.02. The van der Waals surface area contributed by atoms with Crippen LogP contribution in [0.5, 0.6) is 0 Å². The highest BCUT2D eigenvalue weighted by atomic mass is 79.9. The Morgan fingerprint density at radius 2 is 2.06 bits per heavy atom. The molecular formula is C12H10BrClN2O. The van der Waals surface area contributed by atoms with Crippen molar-refractivity contribution in [3.05, 3.63) is 51.2 Å². The maximum atomic E-state index is 12.0. The number of ketones is 1. The van der Waals surface area contributed by atoms with Gasteiger partial charge in [0.25, 0.3) is 0 Å². The number of Topliss-reactive ketones (excluding diaryl/α,β-unsaturated/α-hetero) is 1. The zero-order chi connectivity index (χ0) is 12.4. The quantitative estimate of drug-likeness (QED) is 0.813. The first-order chi connectivity index (χ1) is 8.08. The Morgan fingerprint density at radius 1 is 1.41 bits per heavy atom. The highest BCUT2D eigenvalue weighted by molar-refractivity contribution is 9.10. The molecule has 0 saturated heterocycles. The first-order valence-electron chi connectivity index (χ1n) is 5.04. The summed E-state index contributed by atoms with van der Waals surface area (Å²) in [4.78, 5) is 12.0. The van der Waals surface area contributed by atoms with Crippen molar-refractivity contribution >= 4 is 33.3 Å². The zero-order valence-corrected chi connectivity index (χ0v) is 11.5. The van der Waals surface area contributed by atoms with Gasteiger partial charge in [-0.15, -0.1) is 0 Å². The fourth-order valence-electron chi connectivity index (χ4n) is 1.45. The van der Waals surface area contributed by atoms with Crippen molar-refractivity contribution in [3.63, 3.8) is 0 Å². The summed E-state index contributed by atoms with van der Waals surface area (Å²) in [6, 6.07) is 7.26. The molecule has 0 amide bonds. The van der Waals surface area contributed by atoms with Crippen LogP contribution in [0.25, 0.3) is 0 Å². The van der Waals surface area contributed by atoms with E-state index in [9.17, 15) is 4.79 Å². The van der Waals surface area contributed by atoms with Gasteiger partial charge in [-0.3, -0.25) is 9.48 Å². The van der Waals surface area contributed by atoms with Gasteiger partial charge in [0, 0.05) is 10.0 Å². The van der Waals surface area contributed by atoms with E-state index in [1.807, 2.05) is 19.1 Å². The Balaban J connectivity index is 2.17. The largest absolute Gasteiger partial charge is 0.292 e. The summed E-state index contributed by atoms with van der Waals surface area (Å²) in [5.74, 6) is 0.0142. The van der Waals surface area contributed by atoms with E-state index in [4.69, 9.17) is 11.6 Å². The first kappa shape index (κ1) is 12.3. The average Bonchev–Trinajstić information content (AvgIpc) is 2.62. The molecule has 2 aromatic rings. The Kier molecular flexibility index (Phi) is 3.64. The molecule has 3 nitrogen and oxygen atoms in total. The van der Waals surface area contributed by atoms with Crippen LogP contribution < -0.4 is 0 Å². The Bertz CT molecular complexity index is 548. The van der Waals surface area contributed by atoms with Crippen molar-refractivity contribution in [2.45, 2.75) is 13.5 Å². The number of carbonyl (C=O) groups is 1. The second-order valence-corrected chi connectivity index (χ2v) is 4.99. The normalized spacial score (nSPS) is 10.5. The molecule has 0 bridgehead atoms. The first-order valence-corrected chi connectivity index (χ1v) is 6.21. The molecule has 0 saturated carbocycles. The molecule has 0 fully saturated rings. The van der Waals surface area contributed by atoms with Crippen molar-refractivity contribution in [1.29, 1.82) is 0 Å². The smallest absolute Gasteiger partial charge is 0.184 e. The molecule has 0 aliphatic carbocycles. The molecule has 2 rings (SSSR count). The molecule has 0 radical (unpaired) electrons. The van der Waals surface area contributed by atoms with Gasteiger partial charge in [0.05, 0.1) is 16.9 Å². The molecule has 0 unspecified atom stereocenters. The molecule has 1 aromatic carbocycles. The fraction of sp³-hybridized carbons (Fsp3) is 0.167. The highest BCUT2D eigenvalue weighted by Crippen LogP contribution is 2.15. The average molecular weight is 314 g/mol. The lowest BCUT2D eigenvalue weighted by atomic mass is 10.1. The summed E-state index contributed by atoms with van der Waals surface area (Å²) in [5.41, 5.74) is 1.47. The summed E-state index contributed by atoms with van der Waals surface area (Å²) in [5, 5.41) is 4.63. The number of benzene rings is 1. The van der Waals surface area contributed by atoms with Crippen LogP contribution in [-0.2, 0) is 6.54 Å². The van der Waals surface area contributed by atoms with Gasteiger partial charge in [0.2, 0.25) is 0 Å². The Hall–Kier alpha value is -1.13. The summed E-state index contributed by atoms with van der Waals surface area (Å²) in [7, 11) is 0. The van der Waals surface area contributed by atoms with Crippen molar-refractivity contribution in [2.75, 3.05) is 0 Å². The number of aromatic nitrogens is 2. The molecular weight excluding hydrogens is 304 g/mol. The molecule has 5 heteroatoms. The van der Waals surface area contributed by atoms with Gasteiger partial charge >= 0.3 is 0 Å². The maximum absolute atomic E-state index is 12.0. The molecule has 0 spiro atoms. The predicted octanol–water partition coefficient (Wildman–Crippen LogP) is 3.49. The van der Waals surface area contributed by atoms with Crippen molar-refractivity contribution in [2.24, 2.45) is 0 Å². The highest BCUT2D eigenvalue weighted by Gasteiger charge is 2.10. The van der Waals surface area contributed by atoms with E-state index >= 15 is 0 Å². The number of hydrogen-bond acceptors (Lipinski definition) is 2. The Morgan fingerprint density at radius 3 is 2.59 bits per heavy atom. The van der Waals surface area contributed by atoms with Gasteiger partial charge in [-0.05, 0) is 19.1 Å². The molecule has 0 aliphatic heterocycles. The van der Waals surface area contributed by atoms with Crippen LogP contribution in [0.15, 0.2) is 34.9 Å². The minimum absolute atomic E-state index is 0.0142. The number of carbonyl (C=O) groups excluding carboxylic acids is 1. The van der Waals surface area contributed by atoms with Crippen LogP contribution in [0.2, 0.25) is 5.02 Å². The number of rotatable bonds is 3. The third-order valence-corrected chi connectivity index (χ3v) is 3.40. The molecule has 17 heavy (non-hydrogen) atoms. The van der Waals surface area contributed by atoms with E-state index in [1.165, 1.54) is 0 Å². The van der Waals surface area contributed by atoms with Gasteiger partial charge in [0.1, 0.15) is 6.54 Å². The summed E-state index contributed by atoms with van der Waals surface area (Å²) in [6.45, 7) is 2.05. The van der Waals surface area contributed by atoms with Crippen LogP contribution in [0.4, 0.5) is 0 Å². The van der Waals surface area contributed by atoms with Gasteiger partial charge in [-0.25, -0.2) is 0 Å². The molecule has 0 atom stereocenters. The number of hydrogen-bond donors (Lipinski definition) is 0. The van der Waals surface area contributed by atoms with E-state index < -0.39 is 0 Å². The second-order valence-electron chi connectivity index (χ2n) is 3.67. The maximum Gasteiger partial charge on any atom is 0.184 e. The minimum Gasteiger partial charge on any atom is -0.292 e. The molecule has 1 aromatic heterocycles. The summed E-state index contributed by atoms with van der Waals surface area (Å²) in [6.07, 6.45) is 1.55. The molecule has 0 aliphatic rings. The number of nitrogens with zero attached hydrogens (tertiary/aromatic N) is 2. The number of halogens is 2. The lowest BCUT2D eigenvalue weighted by Crippen LogP contribution is -2.12. The van der Waals surface area contributed by atoms with Crippen molar-refractivity contribution in [3.8, 4) is 0 Å². The van der Waals surface area contributed by atoms with Gasteiger partial charge in [-0.2, -0.15) is 5.10 Å². The Labute approximate surface area is 113 Å². The van der Waals surface area contributed by atoms with E-state index in [0.717, 1.165) is 10.2 Å². The fourth-order valence-corrected chi connectivity index (χ4v) is 1.85. The monoisotopic (exact) mass is 312 g/mol. The van der Waals surface area contributed by atoms with E-state index in [0.29, 0.717) is 10.6 Å². The third kappa shape index (κ3) is 2.76. The van der Waals surface area contributed by atoms with E-state index in [-0.39, 0.29) is 12.3 Å². The van der Waals surface area contributed by atoms with Crippen LogP contribution in [0.1, 0.15) is 16.1 Å². The van der Waals surface area contributed by atoms with Gasteiger partial charge in [-0.1, -0.05) is 39.7 Å². The topological polar surface area (TPSA) is 34.9 Å². The van der Waals surface area contributed by atoms with Crippen LogP contribution in [0, 0.1) is 6.92 Å². The van der Waals surface area contributed by atoms with E-state index in [1.54, 1.807) is 23.0 Å². The predicted molar refractivity (Wildman–Crippen MR) is 70.4 cm³/mol. The molecule has 0 N–H and O–H groups in total. The van der Waals surface area contributed by atoms with Gasteiger partial charge < -0.3 is 0 Å². The van der Waals surface area contributed by atoms with Crippen molar-refractivity contribution in [1.82, 2.24) is 9.78 Å². The lowest BCUT2D eigenvalue weighted by Gasteiger charge is -2.04. The summed E-state index contributed by atoms with van der Waals surface area (Å²) >= 11 is 9.21. The minimum atomic E-state index is 0.0142. The SMILES string of the molecule is Cc1c(Cl)cnn1CC(=O)c1ccc(Br)cc1. The van der Waals surface area contributed by atoms with Gasteiger partial charge in [0.15, 0.2) is 5.78 Å². The third-order valence-electron chi connectivity index (χ3n) is 2.50. The lowest BCUT2D eigenvalue weighted by molar-refractivity contribution is 0.0967. The molecule has 1 heterocycles. The van der Waals surface area contributed by atoms with Crippen LogP contribution in [0.3, 0.4) is 0 Å². The van der Waals surface area contributed by atoms with Crippen molar-refractivity contribution < 1.29 is 4.79 Å².